The molecule has 80 valence electrons. The Morgan fingerprint density at radius 2 is 2.21 bits per heavy atom. The van der Waals surface area contributed by atoms with Gasteiger partial charge in [-0.1, -0.05) is 20.3 Å². The Hall–Kier alpha value is -0.830. The van der Waals surface area contributed by atoms with E-state index in [4.69, 9.17) is 5.73 Å². The summed E-state index contributed by atoms with van der Waals surface area (Å²) < 4.78 is 0. The molecule has 0 spiro atoms. The van der Waals surface area contributed by atoms with Crippen molar-refractivity contribution in [3.63, 3.8) is 0 Å². The largest absolute Gasteiger partial charge is 0.346 e. The van der Waals surface area contributed by atoms with E-state index in [1.54, 1.807) is 0 Å². The summed E-state index contributed by atoms with van der Waals surface area (Å²) in [6.45, 7) is 7.14. The fourth-order valence-electron chi connectivity index (χ4n) is 1.55. The number of nitrogens with two attached hydrogens (primary N) is 1. The smallest absolute Gasteiger partial charge is 0.106 e. The van der Waals surface area contributed by atoms with Crippen LogP contribution in [0.25, 0.3) is 0 Å². The van der Waals surface area contributed by atoms with E-state index in [0.29, 0.717) is 5.92 Å². The van der Waals surface area contributed by atoms with Gasteiger partial charge in [0.1, 0.15) is 5.82 Å². The monoisotopic (exact) mass is 195 g/mol. The number of nitrogens with one attached hydrogen (secondary N) is 1. The Kier molecular flexibility index (Phi) is 4.14. The van der Waals surface area contributed by atoms with Crippen LogP contribution in [0.3, 0.4) is 0 Å². The standard InChI is InChI=1S/C11H21N3/c1-4-5-10-9(3)13-11(14-10)6-8(2)7-12/h8H,4-7,12H2,1-3H3,(H,13,14). The zero-order chi connectivity index (χ0) is 10.6. The molecular formula is C11H21N3. The third kappa shape index (κ3) is 2.84. The van der Waals surface area contributed by atoms with Gasteiger partial charge in [-0.05, 0) is 25.8 Å². The number of imidazole rings is 1. The Bertz CT molecular complexity index is 278. The molecule has 1 atom stereocenters. The summed E-state index contributed by atoms with van der Waals surface area (Å²) in [7, 11) is 0. The second kappa shape index (κ2) is 5.15. The van der Waals surface area contributed by atoms with Crippen LogP contribution in [0.1, 0.15) is 37.5 Å². The van der Waals surface area contributed by atoms with Gasteiger partial charge in [0, 0.05) is 12.1 Å². The number of H-pyrrole nitrogens is 1. The first-order valence-electron chi connectivity index (χ1n) is 5.41. The van der Waals surface area contributed by atoms with Crippen LogP contribution in [0, 0.1) is 12.8 Å². The lowest BCUT2D eigenvalue weighted by Crippen LogP contribution is -2.13. The van der Waals surface area contributed by atoms with Gasteiger partial charge < -0.3 is 10.7 Å². The van der Waals surface area contributed by atoms with Crippen molar-refractivity contribution in [2.24, 2.45) is 11.7 Å². The molecule has 3 nitrogen and oxygen atoms in total. The van der Waals surface area contributed by atoms with Crippen LogP contribution < -0.4 is 5.73 Å². The molecule has 0 amide bonds. The highest BCUT2D eigenvalue weighted by Crippen LogP contribution is 2.10. The molecule has 1 aromatic heterocycles. The molecule has 14 heavy (non-hydrogen) atoms. The van der Waals surface area contributed by atoms with Crippen LogP contribution in [0.15, 0.2) is 0 Å². The summed E-state index contributed by atoms with van der Waals surface area (Å²) in [4.78, 5) is 7.90. The van der Waals surface area contributed by atoms with Crippen LogP contribution in [0.4, 0.5) is 0 Å². The molecule has 1 aromatic rings. The van der Waals surface area contributed by atoms with Gasteiger partial charge in [0.2, 0.25) is 0 Å². The predicted molar refractivity (Wildman–Crippen MR) is 59.2 cm³/mol. The molecule has 1 rings (SSSR count). The first kappa shape index (κ1) is 11.2. The molecule has 1 unspecified atom stereocenters. The van der Waals surface area contributed by atoms with Gasteiger partial charge in [0.05, 0.1) is 5.69 Å². The minimum atomic E-state index is 0.509. The van der Waals surface area contributed by atoms with Crippen LogP contribution in [0.5, 0.6) is 0 Å². The number of aromatic amines is 1. The minimum Gasteiger partial charge on any atom is -0.346 e. The molecule has 1 heterocycles. The third-order valence-electron chi connectivity index (χ3n) is 2.47. The number of aromatic nitrogens is 2. The Morgan fingerprint density at radius 1 is 1.50 bits per heavy atom. The summed E-state index contributed by atoms with van der Waals surface area (Å²) in [6.07, 6.45) is 3.18. The van der Waals surface area contributed by atoms with Crippen LogP contribution in [0.2, 0.25) is 0 Å². The predicted octanol–water partition coefficient (Wildman–Crippen LogP) is 1.81. The van der Waals surface area contributed by atoms with E-state index in [1.807, 2.05) is 0 Å². The van der Waals surface area contributed by atoms with E-state index >= 15 is 0 Å². The number of rotatable bonds is 5. The van der Waals surface area contributed by atoms with Gasteiger partial charge in [-0.3, -0.25) is 0 Å². The molecule has 0 aliphatic rings. The molecular weight excluding hydrogens is 174 g/mol. The van der Waals surface area contributed by atoms with E-state index in [-0.39, 0.29) is 0 Å². The van der Waals surface area contributed by atoms with Crippen molar-refractivity contribution < 1.29 is 0 Å². The molecule has 0 aliphatic carbocycles. The van der Waals surface area contributed by atoms with Crippen LogP contribution >= 0.6 is 0 Å². The average molecular weight is 195 g/mol. The molecule has 0 radical (unpaired) electrons. The topological polar surface area (TPSA) is 54.7 Å². The van der Waals surface area contributed by atoms with Gasteiger partial charge in [-0.2, -0.15) is 0 Å². The van der Waals surface area contributed by atoms with Crippen molar-refractivity contribution in [3.05, 3.63) is 17.2 Å². The highest BCUT2D eigenvalue weighted by atomic mass is 14.9. The summed E-state index contributed by atoms with van der Waals surface area (Å²) in [5.41, 5.74) is 8.01. The molecule has 3 N–H and O–H groups in total. The van der Waals surface area contributed by atoms with Crippen molar-refractivity contribution in [3.8, 4) is 0 Å². The van der Waals surface area contributed by atoms with Crippen molar-refractivity contribution in [2.75, 3.05) is 6.54 Å². The lowest BCUT2D eigenvalue weighted by molar-refractivity contribution is 0.576. The fourth-order valence-corrected chi connectivity index (χ4v) is 1.55. The van der Waals surface area contributed by atoms with Crippen molar-refractivity contribution in [2.45, 2.75) is 40.0 Å². The molecule has 0 saturated carbocycles. The molecule has 0 saturated heterocycles. The van der Waals surface area contributed by atoms with Crippen LogP contribution in [-0.2, 0) is 12.8 Å². The second-order valence-corrected chi connectivity index (χ2v) is 4.05. The Labute approximate surface area is 86.1 Å². The summed E-state index contributed by atoms with van der Waals surface area (Å²) in [5.74, 6) is 1.60. The molecule has 0 bridgehead atoms. The van der Waals surface area contributed by atoms with E-state index in [9.17, 15) is 0 Å². The minimum absolute atomic E-state index is 0.509. The fraction of sp³-hybridized carbons (Fsp3) is 0.727. The van der Waals surface area contributed by atoms with Crippen molar-refractivity contribution in [1.29, 1.82) is 0 Å². The summed E-state index contributed by atoms with van der Waals surface area (Å²) in [5, 5.41) is 0. The first-order valence-corrected chi connectivity index (χ1v) is 5.41. The maximum atomic E-state index is 5.58. The molecule has 0 aromatic carbocycles. The van der Waals surface area contributed by atoms with Gasteiger partial charge in [-0.25, -0.2) is 4.98 Å². The zero-order valence-corrected chi connectivity index (χ0v) is 9.43. The number of hydrogen-bond acceptors (Lipinski definition) is 2. The lowest BCUT2D eigenvalue weighted by atomic mass is 10.1. The zero-order valence-electron chi connectivity index (χ0n) is 9.43. The van der Waals surface area contributed by atoms with Crippen molar-refractivity contribution >= 4 is 0 Å². The average Bonchev–Trinajstić information content (AvgIpc) is 2.47. The first-order chi connectivity index (χ1) is 6.67. The molecule has 0 fully saturated rings. The normalized spacial score (nSPS) is 13.1. The maximum absolute atomic E-state index is 5.58. The summed E-state index contributed by atoms with van der Waals surface area (Å²) >= 11 is 0. The van der Waals surface area contributed by atoms with E-state index in [1.165, 1.54) is 11.4 Å². The van der Waals surface area contributed by atoms with Gasteiger partial charge in [0.15, 0.2) is 0 Å². The quantitative estimate of drug-likeness (QED) is 0.753. The lowest BCUT2D eigenvalue weighted by Gasteiger charge is -2.04. The number of nitrogens with zero attached hydrogens (tertiary/aromatic N) is 1. The molecule has 0 aliphatic heterocycles. The van der Waals surface area contributed by atoms with Gasteiger partial charge >= 0.3 is 0 Å². The number of hydrogen-bond donors (Lipinski definition) is 2. The summed E-state index contributed by atoms with van der Waals surface area (Å²) in [6, 6.07) is 0. The van der Waals surface area contributed by atoms with Crippen molar-refractivity contribution in [1.82, 2.24) is 9.97 Å². The second-order valence-electron chi connectivity index (χ2n) is 4.05. The highest BCUT2D eigenvalue weighted by Gasteiger charge is 2.08. The van der Waals surface area contributed by atoms with E-state index < -0.39 is 0 Å². The maximum Gasteiger partial charge on any atom is 0.106 e. The SMILES string of the molecule is CCCc1nc(CC(C)CN)[nH]c1C. The molecule has 3 heteroatoms. The van der Waals surface area contributed by atoms with Crippen LogP contribution in [-0.4, -0.2) is 16.5 Å². The highest BCUT2D eigenvalue weighted by molar-refractivity contribution is 5.13. The van der Waals surface area contributed by atoms with E-state index in [0.717, 1.165) is 31.6 Å². The van der Waals surface area contributed by atoms with Gasteiger partial charge in [0.25, 0.3) is 0 Å². The Morgan fingerprint density at radius 3 is 2.79 bits per heavy atom. The number of aryl methyl sites for hydroxylation is 2. The van der Waals surface area contributed by atoms with E-state index in [2.05, 4.69) is 30.7 Å². The van der Waals surface area contributed by atoms with Gasteiger partial charge in [-0.15, -0.1) is 0 Å². The third-order valence-corrected chi connectivity index (χ3v) is 2.47. The Balaban J connectivity index is 2.65.